The van der Waals surface area contributed by atoms with Crippen LogP contribution in [0.1, 0.15) is 16.7 Å². The van der Waals surface area contributed by atoms with E-state index in [1.165, 1.54) is 15.6 Å². The van der Waals surface area contributed by atoms with Gasteiger partial charge in [-0.2, -0.15) is 15.8 Å². The molecule has 0 saturated carbocycles. The maximum absolute atomic E-state index is 10.6. The molecule has 50 heavy (non-hydrogen) atoms. The molecule has 0 N–H and O–H groups in total. The number of benzene rings is 7. The first-order valence-corrected chi connectivity index (χ1v) is 18.4. The molecule has 0 radical (unpaired) electrons. The predicted molar refractivity (Wildman–Crippen MR) is 204 cm³/mol. The van der Waals surface area contributed by atoms with Crippen LogP contribution in [0.3, 0.4) is 0 Å². The number of aromatic nitrogens is 1. The van der Waals surface area contributed by atoms with Gasteiger partial charge in [-0.3, -0.25) is 0 Å². The van der Waals surface area contributed by atoms with Crippen molar-refractivity contribution in [3.63, 3.8) is 0 Å². The Labute approximate surface area is 291 Å². The third-order valence-corrected chi connectivity index (χ3v) is 14.5. The Kier molecular flexibility index (Phi) is 7.63. The predicted octanol–water partition coefficient (Wildman–Crippen LogP) is 7.44. The number of fused-ring (bicyclic) bond motifs is 3. The van der Waals surface area contributed by atoms with Gasteiger partial charge in [0.15, 0.2) is 8.07 Å². The van der Waals surface area contributed by atoms with Gasteiger partial charge in [0.1, 0.15) is 0 Å². The average molecular weight is 653 g/mol. The normalized spacial score (nSPS) is 11.1. The zero-order valence-electron chi connectivity index (χ0n) is 27.0. The van der Waals surface area contributed by atoms with Crippen molar-refractivity contribution < 1.29 is 0 Å². The molecular formula is C45H28N4Si. The van der Waals surface area contributed by atoms with Crippen molar-refractivity contribution in [1.29, 1.82) is 15.8 Å². The summed E-state index contributed by atoms with van der Waals surface area (Å²) in [6.07, 6.45) is 0. The number of nitrogens with zero attached hydrogens (tertiary/aromatic N) is 4. The van der Waals surface area contributed by atoms with E-state index in [1.54, 1.807) is 0 Å². The lowest BCUT2D eigenvalue weighted by Crippen LogP contribution is -2.75. The van der Waals surface area contributed by atoms with Crippen LogP contribution in [-0.2, 0) is 0 Å². The van der Waals surface area contributed by atoms with Crippen LogP contribution in [0.25, 0.3) is 38.6 Å². The first-order valence-electron chi connectivity index (χ1n) is 16.4. The molecule has 8 aromatic rings. The maximum Gasteiger partial charge on any atom is 0.180 e. The number of hydrogen-bond donors (Lipinski definition) is 0. The van der Waals surface area contributed by atoms with Gasteiger partial charge in [0, 0.05) is 16.5 Å². The van der Waals surface area contributed by atoms with Crippen molar-refractivity contribution in [3.05, 3.63) is 187 Å². The van der Waals surface area contributed by atoms with E-state index >= 15 is 0 Å². The molecule has 0 amide bonds. The smallest absolute Gasteiger partial charge is 0.180 e. The molecule has 0 unspecified atom stereocenters. The fourth-order valence-electron chi connectivity index (χ4n) is 7.41. The number of rotatable bonds is 6. The van der Waals surface area contributed by atoms with Crippen LogP contribution in [-0.4, -0.2) is 12.6 Å². The van der Waals surface area contributed by atoms with Crippen LogP contribution in [0.2, 0.25) is 0 Å². The minimum atomic E-state index is -2.93. The molecule has 5 heteroatoms. The van der Waals surface area contributed by atoms with Crippen molar-refractivity contribution in [2.75, 3.05) is 0 Å². The van der Waals surface area contributed by atoms with Crippen molar-refractivity contribution >= 4 is 50.6 Å². The molecule has 4 nitrogen and oxygen atoms in total. The lowest BCUT2D eigenvalue weighted by molar-refractivity contribution is 1.18. The van der Waals surface area contributed by atoms with Crippen molar-refractivity contribution in [3.8, 4) is 35.0 Å². The Morgan fingerprint density at radius 3 is 1.32 bits per heavy atom. The zero-order chi connectivity index (χ0) is 34.1. The summed E-state index contributed by atoms with van der Waals surface area (Å²) in [5, 5.41) is 36.4. The van der Waals surface area contributed by atoms with Gasteiger partial charge in [-0.1, -0.05) is 115 Å². The monoisotopic (exact) mass is 652 g/mol. The van der Waals surface area contributed by atoms with Crippen LogP contribution < -0.4 is 20.7 Å². The molecule has 0 aliphatic heterocycles. The van der Waals surface area contributed by atoms with Crippen LogP contribution in [0, 0.1) is 34.0 Å². The van der Waals surface area contributed by atoms with E-state index in [9.17, 15) is 15.8 Å². The molecule has 1 heterocycles. The van der Waals surface area contributed by atoms with Crippen LogP contribution >= 0.6 is 0 Å². The summed E-state index contributed by atoms with van der Waals surface area (Å²) in [6, 6.07) is 65.1. The molecule has 0 aliphatic rings. The Hall–Kier alpha value is -6.97. The summed E-state index contributed by atoms with van der Waals surface area (Å²) in [4.78, 5) is 0. The summed E-state index contributed by atoms with van der Waals surface area (Å²) in [5.41, 5.74) is 6.80. The first-order chi connectivity index (χ1) is 24.6. The van der Waals surface area contributed by atoms with Gasteiger partial charge in [0.25, 0.3) is 0 Å². The molecule has 0 bridgehead atoms. The first kappa shape index (κ1) is 30.4. The van der Waals surface area contributed by atoms with E-state index in [0.717, 1.165) is 43.8 Å². The average Bonchev–Trinajstić information content (AvgIpc) is 3.52. The van der Waals surface area contributed by atoms with E-state index in [1.807, 2.05) is 66.7 Å². The Morgan fingerprint density at radius 2 is 0.880 bits per heavy atom. The standard InChI is InChI=1S/C45H28N4Si/c46-29-32-16-24-43-41(26-32)42-27-33(30-47)17-25-44(42)49(43)37-22-20-34(21-23-37)35-18-19-36(31-48)45(28-35)50(38-10-4-1-5-11-38,39-12-6-2-7-13-39)40-14-8-3-9-15-40/h1-28H. The third kappa shape index (κ3) is 4.88. The van der Waals surface area contributed by atoms with Gasteiger partial charge >= 0.3 is 0 Å². The molecule has 1 aromatic heterocycles. The highest BCUT2D eigenvalue weighted by molar-refractivity contribution is 7.20. The molecule has 0 atom stereocenters. The van der Waals surface area contributed by atoms with Gasteiger partial charge in [-0.25, -0.2) is 0 Å². The Balaban J connectivity index is 1.32. The summed E-state index contributed by atoms with van der Waals surface area (Å²) >= 11 is 0. The molecule has 0 aliphatic carbocycles. The van der Waals surface area contributed by atoms with Gasteiger partial charge < -0.3 is 4.57 Å². The number of hydrogen-bond acceptors (Lipinski definition) is 3. The van der Waals surface area contributed by atoms with E-state index in [-0.39, 0.29) is 0 Å². The van der Waals surface area contributed by atoms with Gasteiger partial charge in [0.05, 0.1) is 45.9 Å². The SMILES string of the molecule is N#Cc1ccc2c(c1)c1cc(C#N)ccc1n2-c1ccc(-c2ccc(C#N)c([Si](c3ccccc3)(c3ccccc3)c3ccccc3)c2)cc1. The molecule has 7 aromatic carbocycles. The Bertz CT molecular complexity index is 2490. The highest BCUT2D eigenvalue weighted by Gasteiger charge is 2.43. The highest BCUT2D eigenvalue weighted by Crippen LogP contribution is 2.34. The maximum atomic E-state index is 10.6. The summed E-state index contributed by atoms with van der Waals surface area (Å²) in [6.45, 7) is 0. The summed E-state index contributed by atoms with van der Waals surface area (Å²) in [5.74, 6) is 0. The van der Waals surface area contributed by atoms with E-state index in [0.29, 0.717) is 16.7 Å². The van der Waals surface area contributed by atoms with Crippen LogP contribution in [0.15, 0.2) is 170 Å². The van der Waals surface area contributed by atoms with Gasteiger partial charge in [0.2, 0.25) is 0 Å². The van der Waals surface area contributed by atoms with E-state index in [4.69, 9.17) is 0 Å². The minimum Gasteiger partial charge on any atom is -0.309 e. The quantitative estimate of drug-likeness (QED) is 0.138. The van der Waals surface area contributed by atoms with Crippen molar-refractivity contribution in [2.24, 2.45) is 0 Å². The molecule has 0 saturated heterocycles. The second-order valence-electron chi connectivity index (χ2n) is 12.3. The van der Waals surface area contributed by atoms with E-state index < -0.39 is 8.07 Å². The fourth-order valence-corrected chi connectivity index (χ4v) is 12.3. The number of nitriles is 3. The second-order valence-corrected chi connectivity index (χ2v) is 16.1. The summed E-state index contributed by atoms with van der Waals surface area (Å²) in [7, 11) is -2.93. The lowest BCUT2D eigenvalue weighted by atomic mass is 10.0. The lowest BCUT2D eigenvalue weighted by Gasteiger charge is -2.35. The van der Waals surface area contributed by atoms with Gasteiger partial charge in [-0.05, 0) is 86.5 Å². The van der Waals surface area contributed by atoms with E-state index in [2.05, 4.69) is 126 Å². The molecule has 232 valence electrons. The van der Waals surface area contributed by atoms with Crippen LogP contribution in [0.5, 0.6) is 0 Å². The van der Waals surface area contributed by atoms with Crippen molar-refractivity contribution in [1.82, 2.24) is 4.57 Å². The summed E-state index contributed by atoms with van der Waals surface area (Å²) < 4.78 is 2.18. The fraction of sp³-hybridized carbons (Fsp3) is 0. The second kappa shape index (κ2) is 12.6. The highest BCUT2D eigenvalue weighted by atomic mass is 28.3. The van der Waals surface area contributed by atoms with Gasteiger partial charge in [-0.15, -0.1) is 0 Å². The van der Waals surface area contributed by atoms with Crippen molar-refractivity contribution in [2.45, 2.75) is 0 Å². The third-order valence-electron chi connectivity index (χ3n) is 9.65. The molecular weight excluding hydrogens is 625 g/mol. The zero-order valence-corrected chi connectivity index (χ0v) is 28.0. The molecule has 0 spiro atoms. The topological polar surface area (TPSA) is 76.3 Å². The molecule has 0 fully saturated rings. The molecule has 8 rings (SSSR count). The largest absolute Gasteiger partial charge is 0.309 e. The Morgan fingerprint density at radius 1 is 0.420 bits per heavy atom. The minimum absolute atomic E-state index is 0.576. The van der Waals surface area contributed by atoms with Crippen LogP contribution in [0.4, 0.5) is 0 Å².